The number of benzene rings is 3. The summed E-state index contributed by atoms with van der Waals surface area (Å²) in [7, 11) is 0. The monoisotopic (exact) mass is 635 g/mol. The van der Waals surface area contributed by atoms with Gasteiger partial charge in [0.25, 0.3) is 0 Å². The first-order valence-corrected chi connectivity index (χ1v) is 16.4. The number of hydrogen-bond donors (Lipinski definition) is 0. The lowest BCUT2D eigenvalue weighted by Gasteiger charge is -2.11. The van der Waals surface area contributed by atoms with Crippen molar-refractivity contribution in [3.8, 4) is 22.6 Å². The lowest BCUT2D eigenvalue weighted by molar-refractivity contribution is -0.385. The highest BCUT2D eigenvalue weighted by Gasteiger charge is 2.19. The number of halogens is 1. The summed E-state index contributed by atoms with van der Waals surface area (Å²) < 4.78 is 30.8. The molecule has 0 spiro atoms. The second kappa shape index (κ2) is 19.3. The highest BCUT2D eigenvalue weighted by Crippen LogP contribution is 2.33. The van der Waals surface area contributed by atoms with Crippen molar-refractivity contribution in [1.82, 2.24) is 0 Å². The van der Waals surface area contributed by atoms with E-state index in [0.717, 1.165) is 31.7 Å². The van der Waals surface area contributed by atoms with Crippen LogP contribution in [0.3, 0.4) is 0 Å². The van der Waals surface area contributed by atoms with E-state index < -0.39 is 22.7 Å². The van der Waals surface area contributed by atoms with E-state index in [0.29, 0.717) is 17.7 Å². The molecule has 8 nitrogen and oxygen atoms in total. The molecule has 0 aromatic heterocycles. The highest BCUT2D eigenvalue weighted by atomic mass is 19.1. The van der Waals surface area contributed by atoms with Crippen LogP contribution in [0.2, 0.25) is 0 Å². The second-order valence-electron chi connectivity index (χ2n) is 11.7. The third-order valence-electron chi connectivity index (χ3n) is 7.93. The summed E-state index contributed by atoms with van der Waals surface area (Å²) in [6.07, 6.45) is 12.8. The maximum atomic E-state index is 14.6. The molecular formula is C37H46FNO7. The van der Waals surface area contributed by atoms with E-state index in [1.54, 1.807) is 24.3 Å². The zero-order valence-electron chi connectivity index (χ0n) is 27.2. The predicted molar refractivity (Wildman–Crippen MR) is 177 cm³/mol. The van der Waals surface area contributed by atoms with E-state index in [1.165, 1.54) is 75.3 Å². The number of carbonyl (C=O) groups excluding carboxylic acids is 2. The molecule has 46 heavy (non-hydrogen) atoms. The summed E-state index contributed by atoms with van der Waals surface area (Å²) in [6, 6.07) is 14.6. The van der Waals surface area contributed by atoms with Crippen molar-refractivity contribution in [3.05, 3.63) is 87.7 Å². The minimum Gasteiger partial charge on any atom is -0.487 e. The molecule has 0 saturated heterocycles. The van der Waals surface area contributed by atoms with E-state index in [1.807, 2.05) is 13.8 Å². The van der Waals surface area contributed by atoms with Gasteiger partial charge in [-0.15, -0.1) is 0 Å². The Morgan fingerprint density at radius 2 is 1.35 bits per heavy atom. The van der Waals surface area contributed by atoms with E-state index >= 15 is 0 Å². The van der Waals surface area contributed by atoms with Gasteiger partial charge in [-0.3, -0.25) is 10.1 Å². The fourth-order valence-electron chi connectivity index (χ4n) is 4.82. The van der Waals surface area contributed by atoms with E-state index in [9.17, 15) is 24.1 Å². The van der Waals surface area contributed by atoms with Crippen molar-refractivity contribution in [3.63, 3.8) is 0 Å². The maximum absolute atomic E-state index is 14.6. The van der Waals surface area contributed by atoms with Gasteiger partial charge in [-0.05, 0) is 59.9 Å². The molecule has 0 N–H and O–H groups in total. The first-order chi connectivity index (χ1) is 22.2. The molecule has 0 amide bonds. The van der Waals surface area contributed by atoms with Crippen LogP contribution in [0.1, 0.15) is 112 Å². The summed E-state index contributed by atoms with van der Waals surface area (Å²) in [5, 5.41) is 11.8. The Balaban J connectivity index is 1.52. The normalized spacial score (nSPS) is 11.6. The zero-order chi connectivity index (χ0) is 33.3. The third-order valence-corrected chi connectivity index (χ3v) is 7.93. The van der Waals surface area contributed by atoms with Gasteiger partial charge >= 0.3 is 17.6 Å². The van der Waals surface area contributed by atoms with Gasteiger partial charge in [0.15, 0.2) is 17.3 Å². The van der Waals surface area contributed by atoms with Crippen molar-refractivity contribution >= 4 is 17.6 Å². The Kier molecular flexibility index (Phi) is 15.2. The average molecular weight is 636 g/mol. The summed E-state index contributed by atoms with van der Waals surface area (Å²) in [5.41, 5.74) is 1.28. The van der Waals surface area contributed by atoms with Gasteiger partial charge in [-0.1, -0.05) is 103 Å². The molecule has 1 atom stereocenters. The first-order valence-electron chi connectivity index (χ1n) is 16.4. The molecule has 3 aromatic rings. The zero-order valence-corrected chi connectivity index (χ0v) is 27.2. The molecule has 0 saturated carbocycles. The number of nitro benzene ring substituents is 1. The van der Waals surface area contributed by atoms with Gasteiger partial charge < -0.3 is 14.2 Å². The summed E-state index contributed by atoms with van der Waals surface area (Å²) in [6.45, 7) is 6.79. The molecule has 0 bridgehead atoms. The highest BCUT2D eigenvalue weighted by molar-refractivity contribution is 5.92. The van der Waals surface area contributed by atoms with Gasteiger partial charge in [0.1, 0.15) is 0 Å². The molecule has 0 unspecified atom stereocenters. The number of ether oxygens (including phenoxy) is 3. The molecule has 0 aliphatic rings. The molecule has 248 valence electrons. The molecule has 0 heterocycles. The van der Waals surface area contributed by atoms with E-state index in [2.05, 4.69) is 6.92 Å². The number of nitrogens with zero attached hydrogens (tertiary/aromatic N) is 1. The Morgan fingerprint density at radius 1 is 0.761 bits per heavy atom. The van der Waals surface area contributed by atoms with Gasteiger partial charge in [0, 0.05) is 6.07 Å². The van der Waals surface area contributed by atoms with Gasteiger partial charge in [-0.25, -0.2) is 14.0 Å². The van der Waals surface area contributed by atoms with Crippen LogP contribution < -0.4 is 9.47 Å². The number of rotatable bonds is 20. The van der Waals surface area contributed by atoms with Crippen molar-refractivity contribution in [2.24, 2.45) is 5.92 Å². The predicted octanol–water partition coefficient (Wildman–Crippen LogP) is 10.1. The van der Waals surface area contributed by atoms with Crippen LogP contribution in [0.25, 0.3) is 11.1 Å². The Hall–Kier alpha value is -4.27. The number of hydrogen-bond acceptors (Lipinski definition) is 7. The van der Waals surface area contributed by atoms with Gasteiger partial charge in [0.05, 0.1) is 29.3 Å². The molecule has 0 aliphatic carbocycles. The van der Waals surface area contributed by atoms with Crippen LogP contribution in [0, 0.1) is 21.8 Å². The number of esters is 2. The van der Waals surface area contributed by atoms with Crippen LogP contribution in [0.5, 0.6) is 11.5 Å². The molecule has 0 aliphatic heterocycles. The molecule has 9 heteroatoms. The lowest BCUT2D eigenvalue weighted by Crippen LogP contribution is -2.13. The Labute approximate surface area is 271 Å². The third kappa shape index (κ3) is 11.6. The smallest absolute Gasteiger partial charge is 0.343 e. The van der Waals surface area contributed by atoms with Crippen molar-refractivity contribution < 1.29 is 33.1 Å². The van der Waals surface area contributed by atoms with E-state index in [-0.39, 0.29) is 40.8 Å². The SMILES string of the molecule is CCCCCCCCCCCCOc1ccc(-c2ccc(C(=O)Oc3ccc(C(=O)OC[C@@H](C)CC)cc3F)cc2)cc1[N+](=O)[O-]. The van der Waals surface area contributed by atoms with Gasteiger partial charge in [-0.2, -0.15) is 0 Å². The number of unbranched alkanes of at least 4 members (excludes halogenated alkanes) is 9. The minimum atomic E-state index is -0.870. The molecule has 0 fully saturated rings. The fraction of sp³-hybridized carbons (Fsp3) is 0.459. The standard InChI is InChI=1S/C37H46FNO7/c1-4-6-7-8-9-10-11-12-13-14-23-44-35-22-19-30(25-33(35)39(42)43)28-15-17-29(18-16-28)37(41)46-34-21-20-31(24-32(34)38)36(40)45-26-27(3)5-2/h15-22,24-25,27H,4-14,23,26H2,1-3H3/t27-/m0/s1. The summed E-state index contributed by atoms with van der Waals surface area (Å²) in [5.74, 6) is -2.22. The Morgan fingerprint density at radius 3 is 1.96 bits per heavy atom. The summed E-state index contributed by atoms with van der Waals surface area (Å²) in [4.78, 5) is 36.2. The van der Waals surface area contributed by atoms with Crippen molar-refractivity contribution in [2.75, 3.05) is 13.2 Å². The van der Waals surface area contributed by atoms with Crippen LogP contribution in [-0.4, -0.2) is 30.1 Å². The fourth-order valence-corrected chi connectivity index (χ4v) is 4.82. The number of nitro groups is 1. The van der Waals surface area contributed by atoms with Crippen LogP contribution >= 0.6 is 0 Å². The average Bonchev–Trinajstić information content (AvgIpc) is 3.06. The maximum Gasteiger partial charge on any atom is 0.343 e. The van der Waals surface area contributed by atoms with Crippen molar-refractivity contribution in [1.29, 1.82) is 0 Å². The van der Waals surface area contributed by atoms with Crippen molar-refractivity contribution in [2.45, 2.75) is 91.4 Å². The molecule has 0 radical (unpaired) electrons. The first kappa shape index (κ1) is 36.2. The quantitative estimate of drug-likeness (QED) is 0.0400. The minimum absolute atomic E-state index is 0.0225. The summed E-state index contributed by atoms with van der Waals surface area (Å²) >= 11 is 0. The number of carbonyl (C=O) groups is 2. The van der Waals surface area contributed by atoms with Gasteiger partial charge in [0.2, 0.25) is 0 Å². The van der Waals surface area contributed by atoms with Crippen LogP contribution in [0.15, 0.2) is 60.7 Å². The molecule has 3 aromatic carbocycles. The second-order valence-corrected chi connectivity index (χ2v) is 11.7. The molecule has 3 rings (SSSR count). The molecular weight excluding hydrogens is 589 g/mol. The lowest BCUT2D eigenvalue weighted by atomic mass is 10.0. The van der Waals surface area contributed by atoms with Crippen LogP contribution in [-0.2, 0) is 4.74 Å². The topological polar surface area (TPSA) is 105 Å². The van der Waals surface area contributed by atoms with Crippen LogP contribution in [0.4, 0.5) is 10.1 Å². The van der Waals surface area contributed by atoms with E-state index in [4.69, 9.17) is 14.2 Å². The Bertz CT molecular complexity index is 1420. The largest absolute Gasteiger partial charge is 0.487 e.